The van der Waals surface area contributed by atoms with Crippen LogP contribution < -0.4 is 11.1 Å². The van der Waals surface area contributed by atoms with E-state index in [1.54, 1.807) is 0 Å². The molecule has 1 aliphatic heterocycles. The van der Waals surface area contributed by atoms with Gasteiger partial charge in [-0.15, -0.1) is 0 Å². The number of hydrogen-bond donors (Lipinski definition) is 2. The number of carbonyl (C=O) groups is 1. The van der Waals surface area contributed by atoms with Gasteiger partial charge in [0.1, 0.15) is 0 Å². The van der Waals surface area contributed by atoms with Crippen LogP contribution in [0.3, 0.4) is 0 Å². The van der Waals surface area contributed by atoms with Crippen LogP contribution in [0.1, 0.15) is 31.7 Å². The summed E-state index contributed by atoms with van der Waals surface area (Å²) in [5.41, 5.74) is 7.09. The monoisotopic (exact) mass is 289 g/mol. The van der Waals surface area contributed by atoms with Crippen molar-refractivity contribution < 1.29 is 4.79 Å². The molecule has 1 amide bonds. The Hall–Kier alpha value is -1.39. The van der Waals surface area contributed by atoms with Crippen LogP contribution in [0, 0.1) is 0 Å². The number of benzene rings is 1. The molecule has 0 spiro atoms. The molecule has 4 nitrogen and oxygen atoms in total. The van der Waals surface area contributed by atoms with Gasteiger partial charge in [0.05, 0.1) is 6.04 Å². The summed E-state index contributed by atoms with van der Waals surface area (Å²) < 4.78 is 0. The summed E-state index contributed by atoms with van der Waals surface area (Å²) in [6.45, 7) is 5.15. The van der Waals surface area contributed by atoms with Gasteiger partial charge in [-0.2, -0.15) is 0 Å². The number of hydrogen-bond acceptors (Lipinski definition) is 3. The highest BCUT2D eigenvalue weighted by Gasteiger charge is 2.19. The highest BCUT2D eigenvalue weighted by molar-refractivity contribution is 5.81. The third kappa shape index (κ3) is 5.14. The van der Waals surface area contributed by atoms with Crippen LogP contribution in [0.2, 0.25) is 0 Å². The molecule has 0 radical (unpaired) electrons. The molecule has 0 aliphatic carbocycles. The Morgan fingerprint density at radius 2 is 1.90 bits per heavy atom. The van der Waals surface area contributed by atoms with E-state index < -0.39 is 6.04 Å². The molecule has 1 unspecified atom stereocenters. The number of likely N-dealkylation sites (tertiary alicyclic amines) is 1. The Balaban J connectivity index is 1.73. The highest BCUT2D eigenvalue weighted by Crippen LogP contribution is 2.11. The molecule has 4 heteroatoms. The fourth-order valence-corrected chi connectivity index (χ4v) is 2.83. The number of rotatable bonds is 6. The maximum absolute atomic E-state index is 12.1. The molecule has 0 saturated carbocycles. The molecule has 1 saturated heterocycles. The first kappa shape index (κ1) is 16.0. The lowest BCUT2D eigenvalue weighted by molar-refractivity contribution is -0.122. The fraction of sp³-hybridized carbons (Fsp3) is 0.588. The molecule has 116 valence electrons. The molecule has 1 aromatic rings. The Labute approximate surface area is 127 Å². The lowest BCUT2D eigenvalue weighted by Gasteiger charge is -2.32. The summed E-state index contributed by atoms with van der Waals surface area (Å²) in [4.78, 5) is 14.5. The molecule has 2 rings (SSSR count). The van der Waals surface area contributed by atoms with E-state index in [4.69, 9.17) is 5.73 Å². The number of nitrogens with zero attached hydrogens (tertiary/aromatic N) is 1. The van der Waals surface area contributed by atoms with Gasteiger partial charge in [-0.3, -0.25) is 9.69 Å². The van der Waals surface area contributed by atoms with Crippen molar-refractivity contribution in [2.24, 2.45) is 5.73 Å². The summed E-state index contributed by atoms with van der Waals surface area (Å²) in [5, 5.41) is 2.99. The first-order chi connectivity index (χ1) is 10.2. The second-order valence-electron chi connectivity index (χ2n) is 5.99. The first-order valence-electron chi connectivity index (χ1n) is 7.98. The summed E-state index contributed by atoms with van der Waals surface area (Å²) in [6.07, 6.45) is 4.46. The third-order valence-corrected chi connectivity index (χ3v) is 4.22. The van der Waals surface area contributed by atoms with Crippen LogP contribution in [0.4, 0.5) is 0 Å². The third-order valence-electron chi connectivity index (χ3n) is 4.22. The van der Waals surface area contributed by atoms with Crippen molar-refractivity contribution in [3.63, 3.8) is 0 Å². The van der Waals surface area contributed by atoms with Crippen molar-refractivity contribution in [1.82, 2.24) is 10.2 Å². The molecule has 1 aliphatic rings. The van der Waals surface area contributed by atoms with Crippen LogP contribution in [0.15, 0.2) is 30.3 Å². The number of amides is 1. The zero-order valence-electron chi connectivity index (χ0n) is 12.9. The van der Waals surface area contributed by atoms with Gasteiger partial charge in [0.15, 0.2) is 0 Å². The average Bonchev–Trinajstić information content (AvgIpc) is 2.54. The fourth-order valence-electron chi connectivity index (χ4n) is 2.83. The highest BCUT2D eigenvalue weighted by atomic mass is 16.2. The first-order valence-corrected chi connectivity index (χ1v) is 7.98. The zero-order valence-corrected chi connectivity index (χ0v) is 12.9. The maximum Gasteiger partial charge on any atom is 0.237 e. The van der Waals surface area contributed by atoms with E-state index in [2.05, 4.69) is 17.1 Å². The summed E-state index contributed by atoms with van der Waals surface area (Å²) in [7, 11) is 0. The smallest absolute Gasteiger partial charge is 0.237 e. The minimum absolute atomic E-state index is 0.0530. The van der Waals surface area contributed by atoms with Gasteiger partial charge in [0.25, 0.3) is 0 Å². The van der Waals surface area contributed by atoms with E-state index in [9.17, 15) is 4.79 Å². The van der Waals surface area contributed by atoms with Crippen LogP contribution in [-0.4, -0.2) is 42.5 Å². The molecule has 1 fully saturated rings. The molecule has 2 atom stereocenters. The molecular weight excluding hydrogens is 262 g/mol. The molecule has 0 aromatic heterocycles. The quantitative estimate of drug-likeness (QED) is 0.835. The molecule has 1 heterocycles. The zero-order chi connectivity index (χ0) is 15.1. The normalized spacial score (nSPS) is 19.0. The Kier molecular flexibility index (Phi) is 6.21. The van der Waals surface area contributed by atoms with Crippen molar-refractivity contribution in [3.05, 3.63) is 35.9 Å². The van der Waals surface area contributed by atoms with Crippen molar-refractivity contribution in [2.75, 3.05) is 19.6 Å². The van der Waals surface area contributed by atoms with Crippen molar-refractivity contribution in [3.8, 4) is 0 Å². The number of piperidine rings is 1. The van der Waals surface area contributed by atoms with E-state index in [1.165, 1.54) is 19.3 Å². The molecule has 1 aromatic carbocycles. The van der Waals surface area contributed by atoms with Crippen LogP contribution in [0.5, 0.6) is 0 Å². The second-order valence-corrected chi connectivity index (χ2v) is 5.99. The van der Waals surface area contributed by atoms with Gasteiger partial charge in [-0.1, -0.05) is 36.8 Å². The second kappa shape index (κ2) is 8.15. The number of nitrogens with one attached hydrogen (secondary N) is 1. The summed E-state index contributed by atoms with van der Waals surface area (Å²) >= 11 is 0. The Morgan fingerprint density at radius 3 is 2.57 bits per heavy atom. The Bertz CT molecular complexity index is 429. The lowest BCUT2D eigenvalue weighted by Crippen LogP contribution is -2.48. The standard InChI is InChI=1S/C17H27N3O/c1-14(20-10-6-3-7-11-20)13-19-17(21)16(18)12-15-8-4-2-5-9-15/h2,4-5,8-9,14,16H,3,6-7,10-13,18H2,1H3,(H,19,21)/t14?,16-/m0/s1. The molecule has 21 heavy (non-hydrogen) atoms. The minimum Gasteiger partial charge on any atom is -0.353 e. The van der Waals surface area contributed by atoms with Crippen molar-refractivity contribution in [2.45, 2.75) is 44.7 Å². The van der Waals surface area contributed by atoms with E-state index in [1.807, 2.05) is 30.3 Å². The van der Waals surface area contributed by atoms with E-state index in [-0.39, 0.29) is 5.91 Å². The topological polar surface area (TPSA) is 58.4 Å². The largest absolute Gasteiger partial charge is 0.353 e. The predicted molar refractivity (Wildman–Crippen MR) is 86.0 cm³/mol. The van der Waals surface area contributed by atoms with Gasteiger partial charge in [0, 0.05) is 12.6 Å². The predicted octanol–water partition coefficient (Wildman–Crippen LogP) is 1.55. The molecular formula is C17H27N3O. The SMILES string of the molecule is CC(CNC(=O)[C@@H](N)Cc1ccccc1)N1CCCCC1. The van der Waals surface area contributed by atoms with Gasteiger partial charge >= 0.3 is 0 Å². The van der Waals surface area contributed by atoms with Crippen molar-refractivity contribution >= 4 is 5.91 Å². The molecule has 3 N–H and O–H groups in total. The molecule has 0 bridgehead atoms. The number of carbonyl (C=O) groups excluding carboxylic acids is 1. The lowest BCUT2D eigenvalue weighted by atomic mass is 10.1. The maximum atomic E-state index is 12.1. The van der Waals surface area contributed by atoms with Crippen LogP contribution in [-0.2, 0) is 11.2 Å². The summed E-state index contributed by atoms with van der Waals surface area (Å²) in [6, 6.07) is 9.83. The van der Waals surface area contributed by atoms with Gasteiger partial charge in [-0.25, -0.2) is 0 Å². The van der Waals surface area contributed by atoms with E-state index >= 15 is 0 Å². The van der Waals surface area contributed by atoms with E-state index in [0.29, 0.717) is 19.0 Å². The van der Waals surface area contributed by atoms with E-state index in [0.717, 1.165) is 18.7 Å². The van der Waals surface area contributed by atoms with Gasteiger partial charge < -0.3 is 11.1 Å². The minimum atomic E-state index is -0.471. The number of nitrogens with two attached hydrogens (primary N) is 1. The Morgan fingerprint density at radius 1 is 1.24 bits per heavy atom. The summed E-state index contributed by atoms with van der Waals surface area (Å²) in [5.74, 6) is -0.0530. The van der Waals surface area contributed by atoms with Gasteiger partial charge in [-0.05, 0) is 44.8 Å². The van der Waals surface area contributed by atoms with Crippen molar-refractivity contribution in [1.29, 1.82) is 0 Å². The van der Waals surface area contributed by atoms with Gasteiger partial charge in [0.2, 0.25) is 5.91 Å². The average molecular weight is 289 g/mol. The van der Waals surface area contributed by atoms with Crippen LogP contribution in [0.25, 0.3) is 0 Å². The van der Waals surface area contributed by atoms with Crippen LogP contribution >= 0.6 is 0 Å².